The highest BCUT2D eigenvalue weighted by Crippen LogP contribution is 2.34. The van der Waals surface area contributed by atoms with E-state index in [0.717, 1.165) is 6.07 Å². The minimum absolute atomic E-state index is 0.0543. The van der Waals surface area contributed by atoms with Crippen LogP contribution in [0.4, 0.5) is 10.1 Å². The molecule has 1 saturated carbocycles. The Hall–Kier alpha value is -1.77. The van der Waals surface area contributed by atoms with E-state index in [-0.39, 0.29) is 11.3 Å². The lowest BCUT2D eigenvalue weighted by atomic mass is 9.75. The van der Waals surface area contributed by atoms with E-state index in [0.29, 0.717) is 19.3 Å². The monoisotopic (exact) mass is 248 g/mol. The van der Waals surface area contributed by atoms with Crippen LogP contribution in [-0.2, 0) is 10.3 Å². The smallest absolute Gasteiger partial charge is 0.190 e. The van der Waals surface area contributed by atoms with Crippen LogP contribution in [0.3, 0.4) is 0 Å². The largest absolute Gasteiger partial charge is 0.385 e. The summed E-state index contributed by atoms with van der Waals surface area (Å²) in [6, 6.07) is 3.85. The molecule has 1 fully saturated rings. The van der Waals surface area contributed by atoms with Gasteiger partial charge in [-0.3, -0.25) is 4.79 Å². The normalized spacial score (nSPS) is 27.9. The van der Waals surface area contributed by atoms with Crippen molar-refractivity contribution in [2.24, 2.45) is 5.73 Å². The molecular weight excluding hydrogens is 235 g/mol. The van der Waals surface area contributed by atoms with Gasteiger partial charge in [-0.2, -0.15) is 0 Å². The van der Waals surface area contributed by atoms with E-state index in [1.807, 2.05) is 0 Å². The summed E-state index contributed by atoms with van der Waals surface area (Å²) in [5.74, 6) is -1.23. The quantitative estimate of drug-likeness (QED) is 0.742. The molecule has 94 valence electrons. The summed E-state index contributed by atoms with van der Waals surface area (Å²) < 4.78 is 13.9. The first-order valence-electron chi connectivity index (χ1n) is 5.68. The van der Waals surface area contributed by atoms with Crippen molar-refractivity contribution >= 4 is 11.5 Å². The summed E-state index contributed by atoms with van der Waals surface area (Å²) in [4.78, 5) is 15.1. The highest BCUT2D eigenvalue weighted by Gasteiger charge is 2.43. The summed E-state index contributed by atoms with van der Waals surface area (Å²) in [6.07, 6.45) is 0.0909. The SMILES string of the molecule is [C-]#[N+]c1ccc(C2(N)CCCC(O)C2=O)c(F)c1. The molecule has 0 aromatic heterocycles. The van der Waals surface area contributed by atoms with Crippen molar-refractivity contribution in [2.75, 3.05) is 0 Å². The van der Waals surface area contributed by atoms with Gasteiger partial charge >= 0.3 is 0 Å². The van der Waals surface area contributed by atoms with Crippen molar-refractivity contribution < 1.29 is 14.3 Å². The van der Waals surface area contributed by atoms with E-state index < -0.39 is 23.2 Å². The number of benzene rings is 1. The van der Waals surface area contributed by atoms with Gasteiger partial charge in [0.25, 0.3) is 0 Å². The molecule has 1 aliphatic carbocycles. The Morgan fingerprint density at radius 2 is 2.28 bits per heavy atom. The van der Waals surface area contributed by atoms with Crippen molar-refractivity contribution in [1.82, 2.24) is 0 Å². The molecule has 2 unspecified atom stereocenters. The van der Waals surface area contributed by atoms with Gasteiger partial charge in [0.1, 0.15) is 17.5 Å². The Bertz CT molecular complexity index is 538. The highest BCUT2D eigenvalue weighted by atomic mass is 19.1. The molecule has 18 heavy (non-hydrogen) atoms. The fourth-order valence-electron chi connectivity index (χ4n) is 2.33. The number of carbonyl (C=O) groups is 1. The van der Waals surface area contributed by atoms with Crippen LogP contribution in [0.2, 0.25) is 0 Å². The summed E-state index contributed by atoms with van der Waals surface area (Å²) >= 11 is 0. The van der Waals surface area contributed by atoms with Gasteiger partial charge in [-0.05, 0) is 25.3 Å². The Morgan fingerprint density at radius 1 is 1.56 bits per heavy atom. The van der Waals surface area contributed by atoms with Gasteiger partial charge in [-0.1, -0.05) is 12.1 Å². The fraction of sp³-hybridized carbons (Fsp3) is 0.385. The van der Waals surface area contributed by atoms with Crippen molar-refractivity contribution in [1.29, 1.82) is 0 Å². The van der Waals surface area contributed by atoms with Crippen LogP contribution >= 0.6 is 0 Å². The van der Waals surface area contributed by atoms with Crippen LogP contribution in [-0.4, -0.2) is 17.0 Å². The Kier molecular flexibility index (Phi) is 3.16. The summed E-state index contributed by atoms with van der Waals surface area (Å²) in [6.45, 7) is 6.80. The molecule has 2 rings (SSSR count). The average molecular weight is 248 g/mol. The third-order valence-electron chi connectivity index (χ3n) is 3.35. The van der Waals surface area contributed by atoms with Gasteiger partial charge in [-0.15, -0.1) is 0 Å². The first kappa shape index (κ1) is 12.7. The lowest BCUT2D eigenvalue weighted by molar-refractivity contribution is -0.136. The number of hydrogen-bond donors (Lipinski definition) is 2. The topological polar surface area (TPSA) is 67.7 Å². The van der Waals surface area contributed by atoms with Gasteiger partial charge in [0, 0.05) is 5.56 Å². The number of nitrogens with two attached hydrogens (primary N) is 1. The van der Waals surface area contributed by atoms with Crippen LogP contribution in [0.25, 0.3) is 4.85 Å². The molecule has 5 heteroatoms. The van der Waals surface area contributed by atoms with E-state index in [2.05, 4.69) is 4.85 Å². The summed E-state index contributed by atoms with van der Waals surface area (Å²) in [5.41, 5.74) is 4.71. The van der Waals surface area contributed by atoms with Crippen molar-refractivity contribution in [3.05, 3.63) is 41.0 Å². The van der Waals surface area contributed by atoms with E-state index in [1.165, 1.54) is 12.1 Å². The molecule has 0 heterocycles. The summed E-state index contributed by atoms with van der Waals surface area (Å²) in [7, 11) is 0. The van der Waals surface area contributed by atoms with E-state index in [9.17, 15) is 14.3 Å². The lowest BCUT2D eigenvalue weighted by Gasteiger charge is -2.35. The second-order valence-electron chi connectivity index (χ2n) is 4.52. The standard InChI is InChI=1S/C13H13FN2O2/c1-16-8-4-5-9(10(14)7-8)13(15)6-2-3-11(17)12(13)18/h4-5,7,11,17H,2-3,6,15H2. The molecule has 4 nitrogen and oxygen atoms in total. The highest BCUT2D eigenvalue weighted by molar-refractivity contribution is 5.93. The van der Waals surface area contributed by atoms with Crippen LogP contribution in [0.5, 0.6) is 0 Å². The van der Waals surface area contributed by atoms with Gasteiger partial charge < -0.3 is 10.8 Å². The maximum Gasteiger partial charge on any atom is 0.190 e. The molecular formula is C13H13FN2O2. The van der Waals surface area contributed by atoms with Crippen LogP contribution in [0.15, 0.2) is 18.2 Å². The molecule has 1 aliphatic rings. The predicted octanol–water partition coefficient (Wildman–Crippen LogP) is 1.64. The lowest BCUT2D eigenvalue weighted by Crippen LogP contribution is -2.53. The number of aliphatic hydroxyl groups excluding tert-OH is 1. The molecule has 0 aliphatic heterocycles. The van der Waals surface area contributed by atoms with Gasteiger partial charge in [0.15, 0.2) is 11.5 Å². The molecule has 0 saturated heterocycles. The van der Waals surface area contributed by atoms with Crippen molar-refractivity contribution in [2.45, 2.75) is 30.9 Å². The zero-order valence-corrected chi connectivity index (χ0v) is 9.69. The number of rotatable bonds is 1. The van der Waals surface area contributed by atoms with E-state index in [1.54, 1.807) is 0 Å². The van der Waals surface area contributed by atoms with E-state index in [4.69, 9.17) is 12.3 Å². The van der Waals surface area contributed by atoms with Crippen LogP contribution in [0, 0.1) is 12.4 Å². The maximum atomic E-state index is 13.9. The number of ketones is 1. The zero-order valence-electron chi connectivity index (χ0n) is 9.69. The molecule has 1 aromatic carbocycles. The second kappa shape index (κ2) is 4.48. The molecule has 0 amide bonds. The number of hydrogen-bond acceptors (Lipinski definition) is 3. The van der Waals surface area contributed by atoms with Gasteiger partial charge in [0.05, 0.1) is 6.57 Å². The number of carbonyl (C=O) groups excluding carboxylic acids is 1. The predicted molar refractivity (Wildman–Crippen MR) is 63.4 cm³/mol. The molecule has 0 spiro atoms. The molecule has 3 N–H and O–H groups in total. The fourth-order valence-corrected chi connectivity index (χ4v) is 2.33. The minimum atomic E-state index is -1.48. The zero-order chi connectivity index (χ0) is 13.3. The second-order valence-corrected chi connectivity index (χ2v) is 4.52. The third-order valence-corrected chi connectivity index (χ3v) is 3.35. The number of halogens is 1. The van der Waals surface area contributed by atoms with Crippen LogP contribution < -0.4 is 5.73 Å². The first-order chi connectivity index (χ1) is 8.49. The number of nitrogens with zero attached hydrogens (tertiary/aromatic N) is 1. The van der Waals surface area contributed by atoms with Crippen molar-refractivity contribution in [3.63, 3.8) is 0 Å². The summed E-state index contributed by atoms with van der Waals surface area (Å²) in [5, 5.41) is 9.57. The first-order valence-corrected chi connectivity index (χ1v) is 5.68. The molecule has 0 bridgehead atoms. The third kappa shape index (κ3) is 1.90. The van der Waals surface area contributed by atoms with Gasteiger partial charge in [-0.25, -0.2) is 9.24 Å². The minimum Gasteiger partial charge on any atom is -0.385 e. The maximum absolute atomic E-state index is 13.9. The average Bonchev–Trinajstić information content (AvgIpc) is 2.35. The van der Waals surface area contributed by atoms with E-state index >= 15 is 0 Å². The number of Topliss-reactive ketones (excluding diaryl/α,β-unsaturated/α-hetero) is 1. The number of aliphatic hydroxyl groups is 1. The van der Waals surface area contributed by atoms with Crippen molar-refractivity contribution in [3.8, 4) is 0 Å². The molecule has 1 aromatic rings. The molecule has 2 atom stereocenters. The Labute approximate surface area is 104 Å². The Morgan fingerprint density at radius 3 is 2.89 bits per heavy atom. The molecule has 0 radical (unpaired) electrons. The van der Waals surface area contributed by atoms with Gasteiger partial charge in [0.2, 0.25) is 0 Å². The van der Waals surface area contributed by atoms with Crippen LogP contribution in [0.1, 0.15) is 24.8 Å². The Balaban J connectivity index is 2.47.